The number of aromatic nitrogens is 2. The molecular weight excluding hydrogens is 388 g/mol. The minimum Gasteiger partial charge on any atom is -0.495 e. The number of ether oxygens (including phenoxy) is 2. The number of H-pyrrole nitrogens is 1. The summed E-state index contributed by atoms with van der Waals surface area (Å²) in [5.41, 5.74) is 3.01. The number of fused-ring (bicyclic) bond motifs is 1. The van der Waals surface area contributed by atoms with Crippen LogP contribution in [-0.2, 0) is 14.6 Å². The molecule has 1 aromatic carbocycles. The topological polar surface area (TPSA) is 81.3 Å². The van der Waals surface area contributed by atoms with Crippen molar-refractivity contribution in [3.8, 4) is 5.75 Å². The molecule has 1 aliphatic rings. The number of hydrogen-bond donors (Lipinski definition) is 1. The van der Waals surface area contributed by atoms with E-state index in [2.05, 4.69) is 16.0 Å². The first-order valence-corrected chi connectivity index (χ1v) is 11.7. The minimum atomic E-state index is -3.21. The molecule has 0 saturated carbocycles. The summed E-state index contributed by atoms with van der Waals surface area (Å²) in [7, 11) is -1.58. The van der Waals surface area contributed by atoms with Gasteiger partial charge in [-0.2, -0.15) is 0 Å². The van der Waals surface area contributed by atoms with Gasteiger partial charge in [0.15, 0.2) is 9.84 Å². The van der Waals surface area contributed by atoms with Crippen LogP contribution in [0, 0.1) is 5.92 Å². The van der Waals surface area contributed by atoms with Gasteiger partial charge in [-0.05, 0) is 55.0 Å². The van der Waals surface area contributed by atoms with Gasteiger partial charge in [0, 0.05) is 36.5 Å². The highest BCUT2D eigenvalue weighted by atomic mass is 32.2. The van der Waals surface area contributed by atoms with Crippen molar-refractivity contribution in [3.63, 3.8) is 0 Å². The second-order valence-electron chi connectivity index (χ2n) is 7.72. The fourth-order valence-corrected chi connectivity index (χ4v) is 4.65. The third-order valence-electron chi connectivity index (χ3n) is 5.70. The molecule has 0 amide bonds. The minimum absolute atomic E-state index is 0.131. The largest absolute Gasteiger partial charge is 0.495 e. The summed E-state index contributed by atoms with van der Waals surface area (Å²) in [6, 6.07) is 11.4. The van der Waals surface area contributed by atoms with E-state index in [0.29, 0.717) is 10.8 Å². The van der Waals surface area contributed by atoms with Crippen molar-refractivity contribution in [2.24, 2.45) is 5.92 Å². The Morgan fingerprint density at radius 3 is 2.59 bits per heavy atom. The molecule has 29 heavy (non-hydrogen) atoms. The maximum Gasteiger partial charge on any atom is 0.175 e. The van der Waals surface area contributed by atoms with Crippen LogP contribution >= 0.6 is 0 Å². The van der Waals surface area contributed by atoms with Gasteiger partial charge in [0.1, 0.15) is 11.4 Å². The lowest BCUT2D eigenvalue weighted by molar-refractivity contribution is 0.0626. The highest BCUT2D eigenvalue weighted by Gasteiger charge is 2.24. The number of methoxy groups -OCH3 is 1. The molecule has 0 aliphatic carbocycles. The van der Waals surface area contributed by atoms with E-state index in [-0.39, 0.29) is 5.92 Å². The molecule has 6 nitrogen and oxygen atoms in total. The Morgan fingerprint density at radius 1 is 1.21 bits per heavy atom. The molecule has 1 unspecified atom stereocenters. The molecule has 1 fully saturated rings. The SMILES string of the molecule is COc1cnc2[nH]c(C(CC3CCOCC3)c3ccc(S(C)(=O)=O)cc3)cc2c1. The summed E-state index contributed by atoms with van der Waals surface area (Å²) < 4.78 is 34.5. The lowest BCUT2D eigenvalue weighted by Crippen LogP contribution is -2.18. The van der Waals surface area contributed by atoms with Gasteiger partial charge in [0.05, 0.1) is 18.2 Å². The van der Waals surface area contributed by atoms with Gasteiger partial charge in [-0.15, -0.1) is 0 Å². The van der Waals surface area contributed by atoms with Crippen LogP contribution in [0.4, 0.5) is 0 Å². The molecular formula is C22H26N2O4S. The van der Waals surface area contributed by atoms with Crippen molar-refractivity contribution in [1.29, 1.82) is 0 Å². The maximum absolute atomic E-state index is 11.8. The number of nitrogens with one attached hydrogen (secondary N) is 1. The van der Waals surface area contributed by atoms with Gasteiger partial charge in [-0.25, -0.2) is 13.4 Å². The molecule has 1 saturated heterocycles. The molecule has 4 rings (SSSR count). The van der Waals surface area contributed by atoms with E-state index in [1.807, 2.05) is 18.2 Å². The van der Waals surface area contributed by atoms with Crippen LogP contribution in [0.2, 0.25) is 0 Å². The average Bonchev–Trinajstić information content (AvgIpc) is 3.15. The van der Waals surface area contributed by atoms with E-state index in [9.17, 15) is 8.42 Å². The van der Waals surface area contributed by atoms with Gasteiger partial charge >= 0.3 is 0 Å². The summed E-state index contributed by atoms with van der Waals surface area (Å²) in [6.07, 6.45) is 6.01. The normalized spacial score (nSPS) is 16.8. The van der Waals surface area contributed by atoms with Crippen LogP contribution in [0.1, 0.15) is 36.4 Å². The zero-order chi connectivity index (χ0) is 20.4. The Bertz CT molecular complexity index is 1080. The zero-order valence-corrected chi connectivity index (χ0v) is 17.5. The van der Waals surface area contributed by atoms with Gasteiger partial charge in [-0.3, -0.25) is 0 Å². The Morgan fingerprint density at radius 2 is 1.93 bits per heavy atom. The number of nitrogens with zero attached hydrogens (tertiary/aromatic N) is 1. The average molecular weight is 415 g/mol. The molecule has 154 valence electrons. The van der Waals surface area contributed by atoms with E-state index >= 15 is 0 Å². The van der Waals surface area contributed by atoms with Gasteiger partial charge < -0.3 is 14.5 Å². The fourth-order valence-electron chi connectivity index (χ4n) is 4.02. The number of hydrogen-bond acceptors (Lipinski definition) is 5. The molecule has 0 spiro atoms. The number of benzene rings is 1. The van der Waals surface area contributed by atoms with Crippen LogP contribution < -0.4 is 4.74 Å². The Balaban J connectivity index is 1.71. The standard InChI is InChI=1S/C22H26N2O4S/c1-27-18-12-17-13-21(24-22(17)23-14-18)20(11-15-7-9-28-10-8-15)16-3-5-19(6-4-16)29(2,25)26/h3-6,12-15,20H,7-11H2,1-2H3,(H,23,24). The molecule has 3 aromatic rings. The summed E-state index contributed by atoms with van der Waals surface area (Å²) in [5, 5.41) is 1.00. The molecule has 1 aliphatic heterocycles. The first kappa shape index (κ1) is 19.9. The van der Waals surface area contributed by atoms with E-state index in [4.69, 9.17) is 9.47 Å². The molecule has 0 bridgehead atoms. The fraction of sp³-hybridized carbons (Fsp3) is 0.409. The Labute approximate surface area is 171 Å². The number of sulfone groups is 1. The summed E-state index contributed by atoms with van der Waals surface area (Å²) in [5.74, 6) is 1.42. The second kappa shape index (κ2) is 8.16. The lowest BCUT2D eigenvalue weighted by atomic mass is 9.83. The molecule has 1 N–H and O–H groups in total. The summed E-state index contributed by atoms with van der Waals surface area (Å²) >= 11 is 0. The van der Waals surface area contributed by atoms with Gasteiger partial charge in [0.25, 0.3) is 0 Å². The number of aromatic amines is 1. The van der Waals surface area contributed by atoms with E-state index in [0.717, 1.165) is 60.5 Å². The van der Waals surface area contributed by atoms with E-state index in [1.54, 1.807) is 25.4 Å². The first-order valence-electron chi connectivity index (χ1n) is 9.84. The highest BCUT2D eigenvalue weighted by molar-refractivity contribution is 7.90. The predicted molar refractivity (Wildman–Crippen MR) is 112 cm³/mol. The van der Waals surface area contributed by atoms with Crippen LogP contribution in [0.25, 0.3) is 11.0 Å². The van der Waals surface area contributed by atoms with Crippen molar-refractivity contribution in [3.05, 3.63) is 53.9 Å². The summed E-state index contributed by atoms with van der Waals surface area (Å²) in [6.45, 7) is 1.60. The van der Waals surface area contributed by atoms with Crippen LogP contribution in [0.3, 0.4) is 0 Å². The molecule has 2 aromatic heterocycles. The van der Waals surface area contributed by atoms with Crippen molar-refractivity contribution in [2.75, 3.05) is 26.6 Å². The van der Waals surface area contributed by atoms with Crippen molar-refractivity contribution in [1.82, 2.24) is 9.97 Å². The predicted octanol–water partition coefficient (Wildman–Crippen LogP) is 3.92. The molecule has 7 heteroatoms. The van der Waals surface area contributed by atoms with E-state index in [1.165, 1.54) is 6.26 Å². The third kappa shape index (κ3) is 4.46. The van der Waals surface area contributed by atoms with Gasteiger partial charge in [0.2, 0.25) is 0 Å². The first-order chi connectivity index (χ1) is 13.9. The smallest absolute Gasteiger partial charge is 0.175 e. The highest BCUT2D eigenvalue weighted by Crippen LogP contribution is 2.36. The quantitative estimate of drug-likeness (QED) is 0.661. The van der Waals surface area contributed by atoms with Crippen LogP contribution in [0.15, 0.2) is 47.5 Å². The maximum atomic E-state index is 11.8. The number of pyridine rings is 1. The van der Waals surface area contributed by atoms with Crippen molar-refractivity contribution < 1.29 is 17.9 Å². The monoisotopic (exact) mass is 414 g/mol. The third-order valence-corrected chi connectivity index (χ3v) is 6.83. The lowest BCUT2D eigenvalue weighted by Gasteiger charge is -2.26. The molecule has 0 radical (unpaired) electrons. The molecule has 3 heterocycles. The number of rotatable bonds is 6. The molecule has 1 atom stereocenters. The van der Waals surface area contributed by atoms with Crippen LogP contribution in [-0.4, -0.2) is 45.0 Å². The van der Waals surface area contributed by atoms with Gasteiger partial charge in [-0.1, -0.05) is 12.1 Å². The summed E-state index contributed by atoms with van der Waals surface area (Å²) in [4.78, 5) is 8.27. The Hall–Kier alpha value is -2.38. The second-order valence-corrected chi connectivity index (χ2v) is 9.74. The zero-order valence-electron chi connectivity index (χ0n) is 16.7. The van der Waals surface area contributed by atoms with Crippen molar-refractivity contribution >= 4 is 20.9 Å². The van der Waals surface area contributed by atoms with E-state index < -0.39 is 9.84 Å². The Kier molecular flexibility index (Phi) is 5.61. The van der Waals surface area contributed by atoms with Crippen LogP contribution in [0.5, 0.6) is 5.75 Å². The van der Waals surface area contributed by atoms with Crippen molar-refractivity contribution in [2.45, 2.75) is 30.1 Å².